The molecule has 0 atom stereocenters. The third-order valence-corrected chi connectivity index (χ3v) is 3.18. The molecule has 2 heterocycles. The fraction of sp³-hybridized carbons (Fsp3) is 0.667. The van der Waals surface area contributed by atoms with E-state index < -0.39 is 0 Å². The molecule has 0 unspecified atom stereocenters. The maximum absolute atomic E-state index is 4.27. The van der Waals surface area contributed by atoms with Gasteiger partial charge in [0.25, 0.3) is 0 Å². The Morgan fingerprint density at radius 1 is 1.29 bits per heavy atom. The lowest BCUT2D eigenvalue weighted by molar-refractivity contribution is 0.263. The quantitative estimate of drug-likeness (QED) is 0.848. The van der Waals surface area contributed by atoms with Gasteiger partial charge >= 0.3 is 0 Å². The number of nitrogens with one attached hydrogen (secondary N) is 1. The minimum atomic E-state index is 0.538. The van der Waals surface area contributed by atoms with Crippen molar-refractivity contribution in [1.29, 1.82) is 0 Å². The van der Waals surface area contributed by atoms with E-state index in [1.807, 2.05) is 25.1 Å². The predicted octanol–water partition coefficient (Wildman–Crippen LogP) is 1.05. The second-order valence-electron chi connectivity index (χ2n) is 4.88. The van der Waals surface area contributed by atoms with Crippen LogP contribution in [0.2, 0.25) is 0 Å². The van der Waals surface area contributed by atoms with E-state index in [9.17, 15) is 0 Å². The van der Waals surface area contributed by atoms with Gasteiger partial charge in [0.05, 0.1) is 0 Å². The van der Waals surface area contributed by atoms with Gasteiger partial charge in [-0.15, -0.1) is 0 Å². The van der Waals surface area contributed by atoms with E-state index >= 15 is 0 Å². The number of hydrogen-bond donors (Lipinski definition) is 1. The molecule has 5 heteroatoms. The first-order chi connectivity index (χ1) is 8.15. The minimum Gasteiger partial charge on any atom is -0.367 e. The Kier molecular flexibility index (Phi) is 3.78. The van der Waals surface area contributed by atoms with Gasteiger partial charge in [0.2, 0.25) is 0 Å². The first-order valence-electron chi connectivity index (χ1n) is 6.09. The summed E-state index contributed by atoms with van der Waals surface area (Å²) >= 11 is 0. The van der Waals surface area contributed by atoms with Gasteiger partial charge in [0, 0.05) is 26.2 Å². The van der Waals surface area contributed by atoms with Crippen LogP contribution in [0.15, 0.2) is 12.4 Å². The smallest absolute Gasteiger partial charge is 0.133 e. The summed E-state index contributed by atoms with van der Waals surface area (Å²) in [6.07, 6.45) is 3.97. The second kappa shape index (κ2) is 5.31. The van der Waals surface area contributed by atoms with Crippen LogP contribution in [0, 0.1) is 0 Å². The Morgan fingerprint density at radius 3 is 2.65 bits per heavy atom. The first-order valence-corrected chi connectivity index (χ1v) is 6.09. The van der Waals surface area contributed by atoms with Crippen LogP contribution in [0.25, 0.3) is 0 Å². The summed E-state index contributed by atoms with van der Waals surface area (Å²) in [6.45, 7) is 2.31. The molecule has 1 aromatic rings. The standard InChI is InChI=1S/C12H21N5/c1-16(2)12-8-11(13-9-14-12)15-10-4-6-17(3)7-5-10/h8-10H,4-7H2,1-3H3,(H,13,14,15). The molecule has 0 aliphatic carbocycles. The van der Waals surface area contributed by atoms with Gasteiger partial charge in [-0.1, -0.05) is 0 Å². The van der Waals surface area contributed by atoms with Crippen molar-refractivity contribution in [2.24, 2.45) is 0 Å². The fourth-order valence-corrected chi connectivity index (χ4v) is 2.03. The number of rotatable bonds is 3. The van der Waals surface area contributed by atoms with E-state index in [4.69, 9.17) is 0 Å². The summed E-state index contributed by atoms with van der Waals surface area (Å²) in [5, 5.41) is 3.49. The lowest BCUT2D eigenvalue weighted by Gasteiger charge is -2.29. The van der Waals surface area contributed by atoms with Gasteiger partial charge in [0.1, 0.15) is 18.0 Å². The van der Waals surface area contributed by atoms with E-state index in [2.05, 4.69) is 27.2 Å². The molecule has 1 aromatic heterocycles. The topological polar surface area (TPSA) is 44.3 Å². The maximum atomic E-state index is 4.27. The zero-order valence-electron chi connectivity index (χ0n) is 10.8. The highest BCUT2D eigenvalue weighted by Crippen LogP contribution is 2.16. The summed E-state index contributed by atoms with van der Waals surface area (Å²) in [5.41, 5.74) is 0. The number of aromatic nitrogens is 2. The van der Waals surface area contributed by atoms with Gasteiger partial charge in [-0.3, -0.25) is 0 Å². The van der Waals surface area contributed by atoms with Crippen molar-refractivity contribution >= 4 is 11.6 Å². The fourth-order valence-electron chi connectivity index (χ4n) is 2.03. The van der Waals surface area contributed by atoms with Gasteiger partial charge in [0.15, 0.2) is 0 Å². The number of likely N-dealkylation sites (tertiary alicyclic amines) is 1. The molecule has 1 fully saturated rings. The summed E-state index contributed by atoms with van der Waals surface area (Å²) in [4.78, 5) is 12.8. The molecule has 94 valence electrons. The molecule has 1 aliphatic rings. The molecule has 0 bridgehead atoms. The van der Waals surface area contributed by atoms with Crippen molar-refractivity contribution in [1.82, 2.24) is 14.9 Å². The zero-order chi connectivity index (χ0) is 12.3. The molecule has 1 aliphatic heterocycles. The van der Waals surface area contributed by atoms with Crippen LogP contribution in [0.5, 0.6) is 0 Å². The molecule has 2 rings (SSSR count). The summed E-state index contributed by atoms with van der Waals surface area (Å²) in [6, 6.07) is 2.54. The minimum absolute atomic E-state index is 0.538. The van der Waals surface area contributed by atoms with Gasteiger partial charge in [-0.2, -0.15) is 0 Å². The molecular weight excluding hydrogens is 214 g/mol. The van der Waals surface area contributed by atoms with Crippen molar-refractivity contribution in [3.8, 4) is 0 Å². The summed E-state index contributed by atoms with van der Waals surface area (Å²) in [5.74, 6) is 1.87. The largest absolute Gasteiger partial charge is 0.367 e. The Hall–Kier alpha value is -1.36. The van der Waals surface area contributed by atoms with Crippen molar-refractivity contribution in [3.63, 3.8) is 0 Å². The highest BCUT2D eigenvalue weighted by atomic mass is 15.2. The molecule has 1 saturated heterocycles. The monoisotopic (exact) mass is 235 g/mol. The lowest BCUT2D eigenvalue weighted by Crippen LogP contribution is -2.36. The number of nitrogens with zero attached hydrogens (tertiary/aromatic N) is 4. The van der Waals surface area contributed by atoms with Crippen molar-refractivity contribution in [3.05, 3.63) is 12.4 Å². The average molecular weight is 235 g/mol. The van der Waals surface area contributed by atoms with Crippen LogP contribution < -0.4 is 10.2 Å². The Balaban J connectivity index is 1.96. The second-order valence-corrected chi connectivity index (χ2v) is 4.88. The highest BCUT2D eigenvalue weighted by Gasteiger charge is 2.16. The molecule has 1 N–H and O–H groups in total. The molecular formula is C12H21N5. The van der Waals surface area contributed by atoms with Crippen molar-refractivity contribution in [2.45, 2.75) is 18.9 Å². The van der Waals surface area contributed by atoms with E-state index in [1.165, 1.54) is 12.8 Å². The Labute approximate surface area is 103 Å². The van der Waals surface area contributed by atoms with Crippen LogP contribution in [-0.2, 0) is 0 Å². The van der Waals surface area contributed by atoms with Crippen LogP contribution in [0.3, 0.4) is 0 Å². The van der Waals surface area contributed by atoms with E-state index in [0.29, 0.717) is 6.04 Å². The van der Waals surface area contributed by atoms with Gasteiger partial charge < -0.3 is 15.1 Å². The van der Waals surface area contributed by atoms with Crippen LogP contribution in [0.1, 0.15) is 12.8 Å². The highest BCUT2D eigenvalue weighted by molar-refractivity contribution is 5.47. The van der Waals surface area contributed by atoms with Crippen molar-refractivity contribution < 1.29 is 0 Å². The van der Waals surface area contributed by atoms with Crippen LogP contribution in [-0.4, -0.2) is 55.1 Å². The summed E-state index contributed by atoms with van der Waals surface area (Å²) in [7, 11) is 6.15. The number of anilines is 2. The Bertz CT molecular complexity index is 358. The maximum Gasteiger partial charge on any atom is 0.133 e. The molecule has 0 aromatic carbocycles. The molecule has 5 nitrogen and oxygen atoms in total. The van der Waals surface area contributed by atoms with Gasteiger partial charge in [-0.25, -0.2) is 9.97 Å². The normalized spacial score (nSPS) is 18.1. The average Bonchev–Trinajstić information content (AvgIpc) is 2.32. The molecule has 0 amide bonds. The van der Waals surface area contributed by atoms with E-state index in [1.54, 1.807) is 6.33 Å². The number of piperidine rings is 1. The van der Waals surface area contributed by atoms with Crippen LogP contribution in [0.4, 0.5) is 11.6 Å². The van der Waals surface area contributed by atoms with E-state index in [0.717, 1.165) is 24.7 Å². The lowest BCUT2D eigenvalue weighted by atomic mass is 10.1. The molecule has 17 heavy (non-hydrogen) atoms. The number of hydrogen-bond acceptors (Lipinski definition) is 5. The Morgan fingerprint density at radius 2 is 2.00 bits per heavy atom. The third-order valence-electron chi connectivity index (χ3n) is 3.18. The first kappa shape index (κ1) is 12.1. The van der Waals surface area contributed by atoms with Crippen molar-refractivity contribution in [2.75, 3.05) is 44.4 Å². The third kappa shape index (κ3) is 3.30. The predicted molar refractivity (Wildman–Crippen MR) is 70.5 cm³/mol. The SMILES string of the molecule is CN1CCC(Nc2cc(N(C)C)ncn2)CC1. The summed E-state index contributed by atoms with van der Waals surface area (Å²) < 4.78 is 0. The van der Waals surface area contributed by atoms with E-state index in [-0.39, 0.29) is 0 Å². The van der Waals surface area contributed by atoms with Crippen LogP contribution >= 0.6 is 0 Å². The zero-order valence-corrected chi connectivity index (χ0v) is 10.8. The molecule has 0 radical (unpaired) electrons. The molecule has 0 spiro atoms. The molecule has 0 saturated carbocycles. The van der Waals surface area contributed by atoms with Gasteiger partial charge in [-0.05, 0) is 33.0 Å².